The van der Waals surface area contributed by atoms with Gasteiger partial charge < -0.3 is 20.1 Å². The van der Waals surface area contributed by atoms with Crippen LogP contribution in [-0.2, 0) is 32.7 Å². The van der Waals surface area contributed by atoms with Gasteiger partial charge >= 0.3 is 19.8 Å². The van der Waals surface area contributed by atoms with E-state index in [0.29, 0.717) is 6.42 Å². The molecule has 0 rings (SSSR count). The van der Waals surface area contributed by atoms with E-state index < -0.39 is 26.5 Å². The smallest absolute Gasteiger partial charge is 0.462 e. The van der Waals surface area contributed by atoms with Gasteiger partial charge in [-0.15, -0.1) is 0 Å². The molecule has 0 saturated heterocycles. The van der Waals surface area contributed by atoms with E-state index in [-0.39, 0.29) is 38.6 Å². The van der Waals surface area contributed by atoms with E-state index in [4.69, 9.17) is 24.3 Å². The summed E-state index contributed by atoms with van der Waals surface area (Å²) >= 11 is 0. The highest BCUT2D eigenvalue weighted by atomic mass is 31.2. The van der Waals surface area contributed by atoms with Gasteiger partial charge in [0.25, 0.3) is 0 Å². The molecule has 10 heteroatoms. The summed E-state index contributed by atoms with van der Waals surface area (Å²) in [4.78, 5) is 34.6. The molecule has 0 bridgehead atoms. The monoisotopic (exact) mass is 661 g/mol. The summed E-state index contributed by atoms with van der Waals surface area (Å²) in [6, 6.07) is 0. The molecular formula is C35H68NO8P. The lowest BCUT2D eigenvalue weighted by molar-refractivity contribution is -0.161. The van der Waals surface area contributed by atoms with Crippen LogP contribution in [0.1, 0.15) is 168 Å². The highest BCUT2D eigenvalue weighted by Gasteiger charge is 2.25. The number of rotatable bonds is 34. The number of unbranched alkanes of at least 4 members (excludes halogenated alkanes) is 19. The number of carbonyl (C=O) groups is 2. The fourth-order valence-corrected chi connectivity index (χ4v) is 5.67. The van der Waals surface area contributed by atoms with Crippen LogP contribution in [0.15, 0.2) is 12.2 Å². The number of phosphoric ester groups is 1. The highest BCUT2D eigenvalue weighted by Crippen LogP contribution is 2.43. The van der Waals surface area contributed by atoms with Crippen molar-refractivity contribution in [1.29, 1.82) is 0 Å². The van der Waals surface area contributed by atoms with Crippen LogP contribution in [0, 0.1) is 0 Å². The molecule has 0 aromatic heterocycles. The highest BCUT2D eigenvalue weighted by molar-refractivity contribution is 7.47. The van der Waals surface area contributed by atoms with Gasteiger partial charge in [0.15, 0.2) is 6.10 Å². The Balaban J connectivity index is 4.24. The molecule has 0 aromatic rings. The van der Waals surface area contributed by atoms with E-state index in [1.165, 1.54) is 77.0 Å². The van der Waals surface area contributed by atoms with Crippen LogP contribution in [0.4, 0.5) is 0 Å². The third-order valence-corrected chi connectivity index (χ3v) is 8.64. The van der Waals surface area contributed by atoms with Crippen LogP contribution in [0.3, 0.4) is 0 Å². The minimum absolute atomic E-state index is 0.0544. The molecule has 0 amide bonds. The molecule has 0 saturated carbocycles. The number of nitrogens with two attached hydrogens (primary N) is 1. The second-order valence-corrected chi connectivity index (χ2v) is 13.5. The van der Waals surface area contributed by atoms with E-state index in [9.17, 15) is 19.0 Å². The van der Waals surface area contributed by atoms with Gasteiger partial charge in [-0.1, -0.05) is 135 Å². The van der Waals surface area contributed by atoms with E-state index in [0.717, 1.165) is 57.8 Å². The molecule has 3 N–H and O–H groups in total. The molecular weight excluding hydrogens is 593 g/mol. The Kier molecular flexibility index (Phi) is 31.8. The van der Waals surface area contributed by atoms with Crippen LogP contribution in [0.2, 0.25) is 0 Å². The molecule has 9 nitrogen and oxygen atoms in total. The Morgan fingerprint density at radius 2 is 1.11 bits per heavy atom. The molecule has 2 unspecified atom stereocenters. The molecule has 0 aliphatic carbocycles. The van der Waals surface area contributed by atoms with E-state index >= 15 is 0 Å². The summed E-state index contributed by atoms with van der Waals surface area (Å²) < 4.78 is 32.6. The van der Waals surface area contributed by atoms with Gasteiger partial charge in [0, 0.05) is 19.4 Å². The quantitative estimate of drug-likeness (QED) is 0.0299. The second kappa shape index (κ2) is 32.7. The predicted octanol–water partition coefficient (Wildman–Crippen LogP) is 9.49. The van der Waals surface area contributed by atoms with Crippen LogP contribution >= 0.6 is 7.82 Å². The Morgan fingerprint density at radius 3 is 1.64 bits per heavy atom. The molecule has 0 spiro atoms. The van der Waals surface area contributed by atoms with Crippen molar-refractivity contribution >= 4 is 19.8 Å². The summed E-state index contributed by atoms with van der Waals surface area (Å²) in [5.74, 6) is -0.837. The molecule has 0 fully saturated rings. The lowest BCUT2D eigenvalue weighted by Crippen LogP contribution is -2.29. The number of esters is 2. The standard InChI is InChI=1S/C35H68NO8P/c1-3-5-7-9-11-13-15-16-18-19-21-23-25-27-34(37)41-31-33(32-43-45(39,40)42-30-29-36)44-35(38)28-26-24-22-20-17-14-12-10-8-6-4-2/h10,12,33H,3-9,11,13-32,36H2,1-2H3,(H,39,40). The zero-order valence-corrected chi connectivity index (χ0v) is 29.8. The van der Waals surface area contributed by atoms with Gasteiger partial charge in [0.05, 0.1) is 13.2 Å². The maximum absolute atomic E-state index is 12.5. The van der Waals surface area contributed by atoms with E-state index in [1.807, 2.05) is 0 Å². The molecule has 2 atom stereocenters. The zero-order valence-electron chi connectivity index (χ0n) is 28.9. The van der Waals surface area contributed by atoms with Crippen molar-refractivity contribution in [3.8, 4) is 0 Å². The molecule has 45 heavy (non-hydrogen) atoms. The van der Waals surface area contributed by atoms with Crippen molar-refractivity contribution in [2.45, 2.75) is 174 Å². The van der Waals surface area contributed by atoms with Crippen molar-refractivity contribution in [2.24, 2.45) is 5.73 Å². The topological polar surface area (TPSA) is 134 Å². The number of ether oxygens (including phenoxy) is 2. The van der Waals surface area contributed by atoms with E-state index in [2.05, 4.69) is 26.0 Å². The Hall–Kier alpha value is -1.25. The van der Waals surface area contributed by atoms with Gasteiger partial charge in [-0.3, -0.25) is 18.6 Å². The minimum Gasteiger partial charge on any atom is -0.462 e. The van der Waals surface area contributed by atoms with Gasteiger partial charge in [0.2, 0.25) is 0 Å². The first-order valence-electron chi connectivity index (χ1n) is 18.2. The van der Waals surface area contributed by atoms with Gasteiger partial charge in [-0.25, -0.2) is 4.57 Å². The van der Waals surface area contributed by atoms with Crippen molar-refractivity contribution < 1.29 is 37.6 Å². The van der Waals surface area contributed by atoms with Crippen molar-refractivity contribution in [3.63, 3.8) is 0 Å². The molecule has 0 heterocycles. The van der Waals surface area contributed by atoms with E-state index in [1.54, 1.807) is 0 Å². The summed E-state index contributed by atoms with van der Waals surface area (Å²) in [6.07, 6.45) is 29.5. The average Bonchev–Trinajstić information content (AvgIpc) is 3.02. The van der Waals surface area contributed by atoms with Crippen LogP contribution in [-0.4, -0.2) is 49.3 Å². The van der Waals surface area contributed by atoms with Gasteiger partial charge in [-0.2, -0.15) is 0 Å². The minimum atomic E-state index is -4.36. The predicted molar refractivity (Wildman–Crippen MR) is 183 cm³/mol. The van der Waals surface area contributed by atoms with Crippen molar-refractivity contribution in [3.05, 3.63) is 12.2 Å². The Labute approximate surface area is 275 Å². The molecule has 0 radical (unpaired) electrons. The Bertz CT molecular complexity index is 764. The fraction of sp³-hybridized carbons (Fsp3) is 0.886. The molecule has 266 valence electrons. The summed E-state index contributed by atoms with van der Waals surface area (Å²) in [5, 5.41) is 0. The van der Waals surface area contributed by atoms with Crippen molar-refractivity contribution in [2.75, 3.05) is 26.4 Å². The first-order chi connectivity index (χ1) is 21.8. The number of hydrogen-bond acceptors (Lipinski definition) is 8. The van der Waals surface area contributed by atoms with Crippen molar-refractivity contribution in [1.82, 2.24) is 0 Å². The first kappa shape index (κ1) is 43.8. The van der Waals surface area contributed by atoms with Crippen LogP contribution in [0.5, 0.6) is 0 Å². The number of phosphoric acid groups is 1. The lowest BCUT2D eigenvalue weighted by Gasteiger charge is -2.19. The summed E-state index contributed by atoms with van der Waals surface area (Å²) in [6.45, 7) is 3.67. The summed E-state index contributed by atoms with van der Waals surface area (Å²) in [7, 11) is -4.36. The number of hydrogen-bond donors (Lipinski definition) is 2. The summed E-state index contributed by atoms with van der Waals surface area (Å²) in [5.41, 5.74) is 5.32. The number of allylic oxidation sites excluding steroid dienone is 2. The maximum Gasteiger partial charge on any atom is 0.472 e. The first-order valence-corrected chi connectivity index (χ1v) is 19.7. The fourth-order valence-electron chi connectivity index (χ4n) is 4.91. The van der Waals surface area contributed by atoms with Gasteiger partial charge in [0.1, 0.15) is 6.61 Å². The normalized spacial score (nSPS) is 13.6. The Morgan fingerprint density at radius 1 is 0.644 bits per heavy atom. The molecule has 0 aliphatic heterocycles. The largest absolute Gasteiger partial charge is 0.472 e. The maximum atomic E-state index is 12.5. The van der Waals surface area contributed by atoms with Gasteiger partial charge in [-0.05, 0) is 32.1 Å². The zero-order chi connectivity index (χ0) is 33.3. The number of carbonyl (C=O) groups excluding carboxylic acids is 2. The second-order valence-electron chi connectivity index (χ2n) is 12.1. The van der Waals surface area contributed by atoms with Crippen LogP contribution in [0.25, 0.3) is 0 Å². The molecule has 0 aliphatic rings. The van der Waals surface area contributed by atoms with Crippen LogP contribution < -0.4 is 5.73 Å². The molecule has 0 aromatic carbocycles. The third-order valence-electron chi connectivity index (χ3n) is 7.65. The lowest BCUT2D eigenvalue weighted by atomic mass is 10.0. The SMILES string of the molecule is CCCCC=CCCCCCCCC(=O)OC(COC(=O)CCCCCCCCCCCCCCC)COP(=O)(O)OCCN. The third kappa shape index (κ3) is 32.5. The average molecular weight is 662 g/mol.